The molecule has 1 saturated carbocycles. The Bertz CT molecular complexity index is 661. The molecule has 1 aromatic carbocycles. The normalized spacial score (nSPS) is 16.2. The predicted octanol–water partition coefficient (Wildman–Crippen LogP) is 4.21. The van der Waals surface area contributed by atoms with Crippen LogP contribution in [0.5, 0.6) is 0 Å². The highest BCUT2D eigenvalue weighted by molar-refractivity contribution is 7.21. The molecule has 0 spiro atoms. The summed E-state index contributed by atoms with van der Waals surface area (Å²) in [6.45, 7) is 3.19. The monoisotopic (exact) mass is 302 g/mol. The highest BCUT2D eigenvalue weighted by atomic mass is 32.1. The first-order valence-corrected chi connectivity index (χ1v) is 8.78. The Hall–Kier alpha value is -1.42. The summed E-state index contributed by atoms with van der Waals surface area (Å²) in [6.07, 6.45) is 7.50. The number of fused-ring (bicyclic) bond motifs is 1. The molecule has 0 radical (unpaired) electrons. The molecule has 0 aliphatic heterocycles. The van der Waals surface area contributed by atoms with Gasteiger partial charge in [-0.2, -0.15) is 4.98 Å². The standard InChI is InChI=1S/C17H22N2OS/c1-2-12-19(13-8-4-3-5-9-13)17-18-16(20)14-10-6-7-11-15(14)21-17/h6-7,10-11,13H,2-5,8-9,12H2,1H3. The van der Waals surface area contributed by atoms with Gasteiger partial charge in [0.15, 0.2) is 5.13 Å². The zero-order chi connectivity index (χ0) is 14.7. The molecule has 4 heteroatoms. The molecule has 3 nitrogen and oxygen atoms in total. The molecule has 0 bridgehead atoms. The zero-order valence-electron chi connectivity index (χ0n) is 12.5. The van der Waals surface area contributed by atoms with Gasteiger partial charge in [0.1, 0.15) is 0 Å². The van der Waals surface area contributed by atoms with E-state index < -0.39 is 0 Å². The molecule has 1 aliphatic carbocycles. The van der Waals surface area contributed by atoms with Crippen molar-refractivity contribution in [2.45, 2.75) is 51.5 Å². The average Bonchev–Trinajstić information content (AvgIpc) is 2.53. The first-order chi connectivity index (χ1) is 10.3. The van der Waals surface area contributed by atoms with E-state index in [9.17, 15) is 4.79 Å². The zero-order valence-corrected chi connectivity index (χ0v) is 13.4. The highest BCUT2D eigenvalue weighted by Crippen LogP contribution is 2.30. The smallest absolute Gasteiger partial charge is 0.281 e. The van der Waals surface area contributed by atoms with E-state index in [-0.39, 0.29) is 5.56 Å². The summed E-state index contributed by atoms with van der Waals surface area (Å²) in [5.41, 5.74) is -0.0868. The van der Waals surface area contributed by atoms with Gasteiger partial charge in [0, 0.05) is 17.3 Å². The lowest BCUT2D eigenvalue weighted by Gasteiger charge is -2.34. The summed E-state index contributed by atoms with van der Waals surface area (Å²) in [5.74, 6) is 0. The topological polar surface area (TPSA) is 33.2 Å². The van der Waals surface area contributed by atoms with Gasteiger partial charge in [-0.15, -0.1) is 0 Å². The van der Waals surface area contributed by atoms with Crippen LogP contribution in [0, 0.1) is 0 Å². The average molecular weight is 302 g/mol. The summed E-state index contributed by atoms with van der Waals surface area (Å²) in [6, 6.07) is 8.35. The van der Waals surface area contributed by atoms with Crippen LogP contribution in [-0.4, -0.2) is 17.6 Å². The SMILES string of the molecule is CCCN(c1nc(=O)c2ccccc2s1)C1CCCCC1. The van der Waals surface area contributed by atoms with Gasteiger partial charge >= 0.3 is 0 Å². The fraction of sp³-hybridized carbons (Fsp3) is 0.529. The fourth-order valence-corrected chi connectivity index (χ4v) is 4.29. The van der Waals surface area contributed by atoms with Crippen LogP contribution in [0.25, 0.3) is 10.1 Å². The van der Waals surface area contributed by atoms with E-state index in [4.69, 9.17) is 0 Å². The van der Waals surface area contributed by atoms with E-state index in [1.807, 2.05) is 24.3 Å². The molecule has 3 rings (SSSR count). The molecule has 0 amide bonds. The number of rotatable bonds is 4. The molecular formula is C17H22N2OS. The van der Waals surface area contributed by atoms with Crippen molar-refractivity contribution in [3.8, 4) is 0 Å². The molecule has 21 heavy (non-hydrogen) atoms. The van der Waals surface area contributed by atoms with Crippen LogP contribution in [0.2, 0.25) is 0 Å². The first-order valence-electron chi connectivity index (χ1n) is 7.96. The van der Waals surface area contributed by atoms with Crippen molar-refractivity contribution in [2.24, 2.45) is 0 Å². The van der Waals surface area contributed by atoms with E-state index >= 15 is 0 Å². The van der Waals surface area contributed by atoms with Gasteiger partial charge in [0.2, 0.25) is 0 Å². The lowest BCUT2D eigenvalue weighted by molar-refractivity contribution is 0.413. The van der Waals surface area contributed by atoms with Gasteiger partial charge in [-0.3, -0.25) is 4.79 Å². The summed E-state index contributed by atoms with van der Waals surface area (Å²) in [5, 5.41) is 1.65. The number of nitrogens with zero attached hydrogens (tertiary/aromatic N) is 2. The lowest BCUT2D eigenvalue weighted by atomic mass is 9.94. The van der Waals surface area contributed by atoms with Crippen LogP contribution >= 0.6 is 11.3 Å². The maximum atomic E-state index is 12.3. The summed E-state index contributed by atoms with van der Waals surface area (Å²) in [4.78, 5) is 19.0. The second-order valence-corrected chi connectivity index (χ2v) is 6.79. The van der Waals surface area contributed by atoms with Crippen molar-refractivity contribution in [2.75, 3.05) is 11.4 Å². The van der Waals surface area contributed by atoms with Crippen molar-refractivity contribution < 1.29 is 0 Å². The van der Waals surface area contributed by atoms with Crippen LogP contribution in [0.4, 0.5) is 5.13 Å². The van der Waals surface area contributed by atoms with Crippen molar-refractivity contribution in [1.82, 2.24) is 4.98 Å². The number of anilines is 1. The Morgan fingerprint density at radius 1 is 1.24 bits per heavy atom. The Labute approximate surface area is 129 Å². The second kappa shape index (κ2) is 6.56. The largest absolute Gasteiger partial charge is 0.345 e. The molecule has 0 N–H and O–H groups in total. The third-order valence-electron chi connectivity index (χ3n) is 4.24. The van der Waals surface area contributed by atoms with Gasteiger partial charge < -0.3 is 4.90 Å². The van der Waals surface area contributed by atoms with Crippen LogP contribution < -0.4 is 10.5 Å². The number of hydrogen-bond acceptors (Lipinski definition) is 4. The Kier molecular flexibility index (Phi) is 4.54. The number of aromatic nitrogens is 1. The molecule has 2 aromatic rings. The lowest BCUT2D eigenvalue weighted by Crippen LogP contribution is -2.38. The van der Waals surface area contributed by atoms with Crippen molar-refractivity contribution in [3.05, 3.63) is 34.6 Å². The summed E-state index contributed by atoms with van der Waals surface area (Å²) < 4.78 is 1.05. The van der Waals surface area contributed by atoms with Crippen molar-refractivity contribution in [3.63, 3.8) is 0 Å². The van der Waals surface area contributed by atoms with Gasteiger partial charge in [-0.1, -0.05) is 49.7 Å². The Balaban J connectivity index is 2.00. The van der Waals surface area contributed by atoms with Gasteiger partial charge in [0.25, 0.3) is 5.56 Å². The molecule has 1 aliphatic rings. The fourth-order valence-electron chi connectivity index (χ4n) is 3.19. The molecule has 0 saturated heterocycles. The first kappa shape index (κ1) is 14.5. The molecule has 0 atom stereocenters. The van der Waals surface area contributed by atoms with E-state index in [2.05, 4.69) is 16.8 Å². The minimum absolute atomic E-state index is 0.0868. The number of benzene rings is 1. The number of hydrogen-bond donors (Lipinski definition) is 0. The predicted molar refractivity (Wildman–Crippen MR) is 90.4 cm³/mol. The van der Waals surface area contributed by atoms with Gasteiger partial charge in [-0.25, -0.2) is 0 Å². The molecule has 112 valence electrons. The Morgan fingerprint density at radius 2 is 2.00 bits per heavy atom. The van der Waals surface area contributed by atoms with Crippen LogP contribution in [-0.2, 0) is 0 Å². The minimum atomic E-state index is -0.0868. The molecule has 1 aromatic heterocycles. The van der Waals surface area contributed by atoms with E-state index in [1.165, 1.54) is 32.1 Å². The van der Waals surface area contributed by atoms with E-state index in [0.29, 0.717) is 6.04 Å². The molecule has 1 fully saturated rings. The summed E-state index contributed by atoms with van der Waals surface area (Å²) in [7, 11) is 0. The summed E-state index contributed by atoms with van der Waals surface area (Å²) >= 11 is 1.66. The van der Waals surface area contributed by atoms with Crippen LogP contribution in [0.1, 0.15) is 45.4 Å². The van der Waals surface area contributed by atoms with Gasteiger partial charge in [-0.05, 0) is 31.4 Å². The van der Waals surface area contributed by atoms with Gasteiger partial charge in [0.05, 0.1) is 5.39 Å². The quantitative estimate of drug-likeness (QED) is 0.848. The van der Waals surface area contributed by atoms with E-state index in [0.717, 1.165) is 28.2 Å². The van der Waals surface area contributed by atoms with Crippen molar-refractivity contribution in [1.29, 1.82) is 0 Å². The van der Waals surface area contributed by atoms with Crippen LogP contribution in [0.3, 0.4) is 0 Å². The second-order valence-electron chi connectivity index (χ2n) is 5.78. The molecular weight excluding hydrogens is 280 g/mol. The maximum Gasteiger partial charge on any atom is 0.281 e. The molecule has 1 heterocycles. The maximum absolute atomic E-state index is 12.3. The Morgan fingerprint density at radius 3 is 2.76 bits per heavy atom. The van der Waals surface area contributed by atoms with Crippen LogP contribution in [0.15, 0.2) is 29.1 Å². The van der Waals surface area contributed by atoms with Crippen molar-refractivity contribution >= 4 is 26.6 Å². The third kappa shape index (κ3) is 3.10. The highest BCUT2D eigenvalue weighted by Gasteiger charge is 2.23. The molecule has 0 unspecified atom stereocenters. The third-order valence-corrected chi connectivity index (χ3v) is 5.33. The van der Waals surface area contributed by atoms with E-state index in [1.54, 1.807) is 11.3 Å². The minimum Gasteiger partial charge on any atom is -0.345 e.